The monoisotopic (exact) mass is 588 g/mol. The van der Waals surface area contributed by atoms with Gasteiger partial charge in [0.1, 0.15) is 0 Å². The zero-order valence-corrected chi connectivity index (χ0v) is 22.2. The normalized spacial score (nSPS) is 13.9. The van der Waals surface area contributed by atoms with Crippen LogP contribution in [0.5, 0.6) is 0 Å². The predicted molar refractivity (Wildman–Crippen MR) is 146 cm³/mol. The van der Waals surface area contributed by atoms with E-state index in [2.05, 4.69) is 15.4 Å². The summed E-state index contributed by atoms with van der Waals surface area (Å²) in [5, 5.41) is 5.79. The van der Waals surface area contributed by atoms with Gasteiger partial charge in [0.2, 0.25) is 0 Å². The van der Waals surface area contributed by atoms with Gasteiger partial charge in [-0.1, -0.05) is 35.3 Å². The number of nitrogens with one attached hydrogen (secondary N) is 3. The molecule has 0 aliphatic carbocycles. The maximum absolute atomic E-state index is 13.4. The van der Waals surface area contributed by atoms with Crippen LogP contribution in [0.3, 0.4) is 0 Å². The van der Waals surface area contributed by atoms with E-state index < -0.39 is 21.8 Å². The lowest BCUT2D eigenvalue weighted by Crippen LogP contribution is -2.25. The Morgan fingerprint density at radius 3 is 2.27 bits per heavy atom. The van der Waals surface area contributed by atoms with Gasteiger partial charge in [0.25, 0.3) is 10.0 Å². The fraction of sp³-hybridized carbons (Fsp3) is 0.208. The van der Waals surface area contributed by atoms with E-state index in [0.717, 1.165) is 32.0 Å². The van der Waals surface area contributed by atoms with Crippen molar-refractivity contribution >= 4 is 73.3 Å². The van der Waals surface area contributed by atoms with Crippen LogP contribution in [0.25, 0.3) is 0 Å². The average Bonchev–Trinajstić information content (AvgIpc) is 3.35. The van der Waals surface area contributed by atoms with Crippen LogP contribution in [-0.2, 0) is 16.2 Å². The van der Waals surface area contributed by atoms with Gasteiger partial charge >= 0.3 is 6.18 Å². The third-order valence-electron chi connectivity index (χ3n) is 5.63. The Hall–Kier alpha value is -2.73. The van der Waals surface area contributed by atoms with E-state index in [9.17, 15) is 21.6 Å². The summed E-state index contributed by atoms with van der Waals surface area (Å²) in [5.74, 6) is 0. The number of benzene rings is 3. The fourth-order valence-electron chi connectivity index (χ4n) is 3.91. The first-order valence-electron chi connectivity index (χ1n) is 11.1. The molecule has 0 radical (unpaired) electrons. The molecule has 1 aliphatic rings. The molecule has 0 saturated carbocycles. The van der Waals surface area contributed by atoms with E-state index >= 15 is 0 Å². The third-order valence-corrected chi connectivity index (χ3v) is 7.76. The Balaban J connectivity index is 1.65. The first kappa shape index (κ1) is 27.3. The number of hydrogen-bond acceptors (Lipinski definition) is 4. The number of thiocarbonyl (C=S) groups is 1. The summed E-state index contributed by atoms with van der Waals surface area (Å²) in [6.45, 7) is 1.49. The molecule has 0 aromatic heterocycles. The Kier molecular flexibility index (Phi) is 8.08. The first-order chi connectivity index (χ1) is 17.4. The standard InChI is InChI=1S/C24H21Cl2F3N4O2S2/c25-15-7-9-18(26)20(13-15)32-37(34,35)16-8-10-22(33-11-3-4-12-33)21(14-16)31-23(36)30-19-6-2-1-5-17(19)24(27,28)29/h1-2,5-10,13-14,32H,3-4,11-12H2,(H2,30,31,36). The maximum Gasteiger partial charge on any atom is 0.418 e. The fourth-order valence-corrected chi connectivity index (χ4v) is 5.62. The number of alkyl halides is 3. The molecule has 4 rings (SSSR count). The smallest absolute Gasteiger partial charge is 0.370 e. The van der Waals surface area contributed by atoms with Crippen molar-refractivity contribution < 1.29 is 21.6 Å². The topological polar surface area (TPSA) is 73.5 Å². The minimum Gasteiger partial charge on any atom is -0.370 e. The van der Waals surface area contributed by atoms with Crippen LogP contribution in [-0.4, -0.2) is 26.6 Å². The van der Waals surface area contributed by atoms with Gasteiger partial charge in [-0.2, -0.15) is 13.2 Å². The third kappa shape index (κ3) is 6.59. The summed E-state index contributed by atoms with van der Waals surface area (Å²) < 4.78 is 69.0. The zero-order valence-electron chi connectivity index (χ0n) is 19.1. The highest BCUT2D eigenvalue weighted by Crippen LogP contribution is 2.36. The molecule has 6 nitrogen and oxygen atoms in total. The number of para-hydroxylation sites is 1. The van der Waals surface area contributed by atoms with E-state index in [1.807, 2.05) is 4.90 Å². The SMILES string of the molecule is O=S(=O)(Nc1cc(Cl)ccc1Cl)c1ccc(N2CCCC2)c(NC(=S)Nc2ccccc2C(F)(F)F)c1. The molecular formula is C24H21Cl2F3N4O2S2. The molecule has 1 aliphatic heterocycles. The van der Waals surface area contributed by atoms with Gasteiger partial charge in [-0.15, -0.1) is 0 Å². The predicted octanol–water partition coefficient (Wildman–Crippen LogP) is 7.22. The van der Waals surface area contributed by atoms with Crippen molar-refractivity contribution in [1.29, 1.82) is 0 Å². The van der Waals surface area contributed by atoms with Crippen molar-refractivity contribution in [3.8, 4) is 0 Å². The second-order valence-electron chi connectivity index (χ2n) is 8.23. The summed E-state index contributed by atoms with van der Waals surface area (Å²) in [5.41, 5.74) is -0.00296. The maximum atomic E-state index is 13.4. The van der Waals surface area contributed by atoms with Crippen LogP contribution in [0.1, 0.15) is 18.4 Å². The minimum absolute atomic E-state index is 0.104. The van der Waals surface area contributed by atoms with E-state index in [0.29, 0.717) is 16.4 Å². The molecule has 0 amide bonds. The molecule has 1 saturated heterocycles. The molecule has 3 aromatic carbocycles. The lowest BCUT2D eigenvalue weighted by molar-refractivity contribution is -0.136. The highest BCUT2D eigenvalue weighted by Gasteiger charge is 2.33. The van der Waals surface area contributed by atoms with Gasteiger partial charge in [0, 0.05) is 18.1 Å². The number of anilines is 4. The highest BCUT2D eigenvalue weighted by molar-refractivity contribution is 7.92. The van der Waals surface area contributed by atoms with E-state index in [1.54, 1.807) is 6.07 Å². The number of rotatable bonds is 6. The molecule has 1 heterocycles. The largest absolute Gasteiger partial charge is 0.418 e. The van der Waals surface area contributed by atoms with Gasteiger partial charge in [-0.3, -0.25) is 4.72 Å². The van der Waals surface area contributed by atoms with Gasteiger partial charge in [0.05, 0.1) is 38.2 Å². The Morgan fingerprint density at radius 1 is 0.892 bits per heavy atom. The van der Waals surface area contributed by atoms with Crippen LogP contribution in [0.15, 0.2) is 65.6 Å². The first-order valence-corrected chi connectivity index (χ1v) is 13.7. The molecular weight excluding hydrogens is 568 g/mol. The minimum atomic E-state index is -4.58. The lowest BCUT2D eigenvalue weighted by Gasteiger charge is -2.24. The zero-order chi connectivity index (χ0) is 26.8. The number of halogens is 5. The van der Waals surface area contributed by atoms with Crippen molar-refractivity contribution in [2.45, 2.75) is 23.9 Å². The van der Waals surface area contributed by atoms with Crippen LogP contribution >= 0.6 is 35.4 Å². The summed E-state index contributed by atoms with van der Waals surface area (Å²) in [7, 11) is -4.10. The van der Waals surface area contributed by atoms with Crippen molar-refractivity contribution in [1.82, 2.24) is 0 Å². The van der Waals surface area contributed by atoms with Gasteiger partial charge < -0.3 is 15.5 Å². The van der Waals surface area contributed by atoms with Crippen LogP contribution in [0.2, 0.25) is 10.0 Å². The summed E-state index contributed by atoms with van der Waals surface area (Å²) >= 11 is 17.4. The molecule has 0 spiro atoms. The molecule has 0 bridgehead atoms. The van der Waals surface area contributed by atoms with E-state index in [1.165, 1.54) is 48.5 Å². The second-order valence-corrected chi connectivity index (χ2v) is 11.2. The summed E-state index contributed by atoms with van der Waals surface area (Å²) in [6.07, 6.45) is -2.67. The van der Waals surface area contributed by atoms with Gasteiger partial charge in [-0.25, -0.2) is 8.42 Å². The van der Waals surface area contributed by atoms with E-state index in [-0.39, 0.29) is 26.4 Å². The number of nitrogens with zero attached hydrogens (tertiary/aromatic N) is 1. The van der Waals surface area contributed by atoms with Gasteiger partial charge in [0.15, 0.2) is 5.11 Å². The van der Waals surface area contributed by atoms with Crippen molar-refractivity contribution in [3.05, 3.63) is 76.3 Å². The van der Waals surface area contributed by atoms with Crippen molar-refractivity contribution in [3.63, 3.8) is 0 Å². The number of sulfonamides is 1. The highest BCUT2D eigenvalue weighted by atomic mass is 35.5. The molecule has 196 valence electrons. The lowest BCUT2D eigenvalue weighted by atomic mass is 10.1. The molecule has 13 heteroatoms. The number of hydrogen-bond donors (Lipinski definition) is 3. The average molecular weight is 589 g/mol. The van der Waals surface area contributed by atoms with E-state index in [4.69, 9.17) is 35.4 Å². The Labute approximate surface area is 227 Å². The molecule has 0 atom stereocenters. The van der Waals surface area contributed by atoms with Crippen LogP contribution in [0, 0.1) is 0 Å². The Bertz CT molecular complexity index is 1430. The second kappa shape index (κ2) is 10.9. The summed E-state index contributed by atoms with van der Waals surface area (Å²) in [4.78, 5) is 1.94. The molecule has 3 aromatic rings. The molecule has 1 fully saturated rings. The molecule has 0 unspecified atom stereocenters. The summed E-state index contributed by atoms with van der Waals surface area (Å²) in [6, 6.07) is 13.8. The Morgan fingerprint density at radius 2 is 1.57 bits per heavy atom. The quantitative estimate of drug-likeness (QED) is 0.264. The molecule has 3 N–H and O–H groups in total. The van der Waals surface area contributed by atoms with Crippen molar-refractivity contribution in [2.24, 2.45) is 0 Å². The van der Waals surface area contributed by atoms with Gasteiger partial charge in [-0.05, 0) is 73.6 Å². The van der Waals surface area contributed by atoms with Crippen molar-refractivity contribution in [2.75, 3.05) is 33.3 Å². The van der Waals surface area contributed by atoms with Crippen LogP contribution in [0.4, 0.5) is 35.9 Å². The molecule has 37 heavy (non-hydrogen) atoms. The van der Waals surface area contributed by atoms with Crippen LogP contribution < -0.4 is 20.3 Å².